The van der Waals surface area contributed by atoms with Gasteiger partial charge in [-0.2, -0.15) is 0 Å². The molecule has 3 aromatic rings. The average Bonchev–Trinajstić information content (AvgIpc) is 3.15. The molecule has 2 heterocycles. The third-order valence-electron chi connectivity index (χ3n) is 5.71. The molecular weight excluding hydrogens is 412 g/mol. The molecule has 1 aliphatic heterocycles. The van der Waals surface area contributed by atoms with Gasteiger partial charge in [-0.05, 0) is 49.2 Å². The Balaban J connectivity index is 1.79. The number of rotatable bonds is 6. The number of benzene rings is 2. The molecule has 6 nitrogen and oxygen atoms in total. The number of aromatic nitrogens is 1. The maximum Gasteiger partial charge on any atom is 0.254 e. The Morgan fingerprint density at radius 2 is 1.90 bits per heavy atom. The van der Waals surface area contributed by atoms with Gasteiger partial charge in [-0.1, -0.05) is 25.1 Å². The van der Waals surface area contributed by atoms with Crippen molar-refractivity contribution in [2.45, 2.75) is 25.8 Å². The molecule has 0 spiro atoms. The van der Waals surface area contributed by atoms with Gasteiger partial charge in [-0.15, -0.1) is 0 Å². The topological polar surface area (TPSA) is 76.6 Å². The molecule has 162 valence electrons. The first-order valence-corrected chi connectivity index (χ1v) is 12.3. The molecule has 0 saturated carbocycles. The zero-order valence-electron chi connectivity index (χ0n) is 17.7. The Morgan fingerprint density at radius 1 is 1.16 bits per heavy atom. The van der Waals surface area contributed by atoms with Crippen LogP contribution in [0.3, 0.4) is 0 Å². The van der Waals surface area contributed by atoms with Crippen molar-refractivity contribution in [1.82, 2.24) is 9.88 Å². The number of amides is 1. The number of sulfone groups is 1. The predicted molar refractivity (Wildman–Crippen MR) is 122 cm³/mol. The van der Waals surface area contributed by atoms with E-state index in [2.05, 4.69) is 0 Å². The fraction of sp³-hybridized carbons (Fsp3) is 0.333. The van der Waals surface area contributed by atoms with Crippen LogP contribution in [-0.4, -0.2) is 55.4 Å². The summed E-state index contributed by atoms with van der Waals surface area (Å²) in [5.41, 5.74) is 2.86. The number of methoxy groups -OCH3 is 1. The first-order chi connectivity index (χ1) is 14.9. The van der Waals surface area contributed by atoms with E-state index in [9.17, 15) is 13.2 Å². The van der Waals surface area contributed by atoms with E-state index < -0.39 is 9.84 Å². The van der Waals surface area contributed by atoms with Crippen LogP contribution < -0.4 is 4.74 Å². The van der Waals surface area contributed by atoms with Crippen LogP contribution in [0, 0.1) is 0 Å². The van der Waals surface area contributed by atoms with Crippen LogP contribution in [0.25, 0.3) is 22.2 Å². The number of ether oxygens (including phenoxy) is 1. The van der Waals surface area contributed by atoms with E-state index in [4.69, 9.17) is 9.72 Å². The summed E-state index contributed by atoms with van der Waals surface area (Å²) in [5.74, 6) is 0.779. The lowest BCUT2D eigenvalue weighted by Crippen LogP contribution is -2.41. The van der Waals surface area contributed by atoms with E-state index in [1.54, 1.807) is 12.0 Å². The molecule has 1 saturated heterocycles. The predicted octanol–water partition coefficient (Wildman–Crippen LogP) is 3.95. The molecule has 1 fully saturated rings. The lowest BCUT2D eigenvalue weighted by Gasteiger charge is -2.28. The highest BCUT2D eigenvalue weighted by atomic mass is 32.2. The van der Waals surface area contributed by atoms with Crippen LogP contribution in [-0.2, 0) is 9.84 Å². The molecule has 0 aliphatic carbocycles. The minimum absolute atomic E-state index is 0.0348. The second kappa shape index (κ2) is 8.67. The summed E-state index contributed by atoms with van der Waals surface area (Å²) in [6, 6.07) is 16.7. The normalized spacial score (nSPS) is 17.5. The van der Waals surface area contributed by atoms with E-state index in [1.165, 1.54) is 0 Å². The minimum atomic E-state index is -3.09. The molecule has 1 amide bonds. The van der Waals surface area contributed by atoms with Gasteiger partial charge in [0.1, 0.15) is 5.75 Å². The summed E-state index contributed by atoms with van der Waals surface area (Å²) in [5, 5.41) is 0.770. The van der Waals surface area contributed by atoms with Crippen molar-refractivity contribution in [2.24, 2.45) is 0 Å². The molecule has 7 heteroatoms. The summed E-state index contributed by atoms with van der Waals surface area (Å²) in [6.07, 6.45) is 1.25. The lowest BCUT2D eigenvalue weighted by atomic mass is 10.0. The molecule has 0 radical (unpaired) electrons. The van der Waals surface area contributed by atoms with Gasteiger partial charge >= 0.3 is 0 Å². The summed E-state index contributed by atoms with van der Waals surface area (Å²) in [7, 11) is -1.48. The Labute approximate surface area is 182 Å². The third kappa shape index (κ3) is 4.42. The minimum Gasteiger partial charge on any atom is -0.497 e. The quantitative estimate of drug-likeness (QED) is 0.582. The van der Waals surface area contributed by atoms with Gasteiger partial charge in [-0.25, -0.2) is 13.4 Å². The summed E-state index contributed by atoms with van der Waals surface area (Å²) in [4.78, 5) is 20.2. The van der Waals surface area contributed by atoms with Crippen molar-refractivity contribution in [3.63, 3.8) is 0 Å². The van der Waals surface area contributed by atoms with Crippen molar-refractivity contribution in [2.75, 3.05) is 25.2 Å². The van der Waals surface area contributed by atoms with Crippen LogP contribution in [0.5, 0.6) is 5.75 Å². The van der Waals surface area contributed by atoms with Crippen molar-refractivity contribution in [1.29, 1.82) is 0 Å². The number of nitrogens with zero attached hydrogens (tertiary/aromatic N) is 2. The molecule has 1 atom stereocenters. The van der Waals surface area contributed by atoms with Gasteiger partial charge in [0.05, 0.1) is 35.4 Å². The maximum atomic E-state index is 13.7. The van der Waals surface area contributed by atoms with Crippen LogP contribution in [0.4, 0.5) is 0 Å². The number of fused-ring (bicyclic) bond motifs is 1. The molecule has 4 rings (SSSR count). The molecule has 31 heavy (non-hydrogen) atoms. The summed E-state index contributed by atoms with van der Waals surface area (Å²) in [6.45, 7) is 2.52. The molecule has 2 aromatic carbocycles. The van der Waals surface area contributed by atoms with Crippen LogP contribution in [0.1, 0.15) is 30.1 Å². The number of hydrogen-bond donors (Lipinski definition) is 0. The van der Waals surface area contributed by atoms with Crippen molar-refractivity contribution < 1.29 is 17.9 Å². The van der Waals surface area contributed by atoms with Gasteiger partial charge < -0.3 is 9.64 Å². The van der Waals surface area contributed by atoms with Gasteiger partial charge in [0, 0.05) is 23.5 Å². The average molecular weight is 439 g/mol. The van der Waals surface area contributed by atoms with Crippen LogP contribution in [0.15, 0.2) is 54.6 Å². The van der Waals surface area contributed by atoms with Gasteiger partial charge in [-0.3, -0.25) is 4.79 Å². The second-order valence-electron chi connectivity index (χ2n) is 7.86. The number of carbonyl (C=O) groups excluding carboxylic acids is 1. The molecular formula is C24H26N2O4S. The standard InChI is InChI=1S/C24H26N2O4S/c1-3-13-26(18-12-14-31(28,29)16-18)24(27)21-15-23(17-8-10-19(30-2)11-9-17)25-22-7-5-4-6-20(21)22/h4-11,15,18H,3,12-14,16H2,1-2H3. The van der Waals surface area contributed by atoms with E-state index >= 15 is 0 Å². The highest BCUT2D eigenvalue weighted by Gasteiger charge is 2.35. The Bertz CT molecular complexity index is 1210. The molecule has 0 N–H and O–H groups in total. The van der Waals surface area contributed by atoms with Gasteiger partial charge in [0.15, 0.2) is 9.84 Å². The SMILES string of the molecule is CCCN(C(=O)c1cc(-c2ccc(OC)cc2)nc2ccccc12)C1CCS(=O)(=O)C1. The number of hydrogen-bond acceptors (Lipinski definition) is 5. The highest BCUT2D eigenvalue weighted by Crippen LogP contribution is 2.29. The molecule has 1 aromatic heterocycles. The Hall–Kier alpha value is -2.93. The Morgan fingerprint density at radius 3 is 2.55 bits per heavy atom. The molecule has 1 aliphatic rings. The van der Waals surface area contributed by atoms with Crippen molar-refractivity contribution in [3.05, 3.63) is 60.2 Å². The van der Waals surface area contributed by atoms with Crippen molar-refractivity contribution >= 4 is 26.6 Å². The number of pyridine rings is 1. The van der Waals surface area contributed by atoms with E-state index in [-0.39, 0.29) is 23.5 Å². The summed E-state index contributed by atoms with van der Waals surface area (Å²) >= 11 is 0. The van der Waals surface area contributed by atoms with E-state index in [0.717, 1.165) is 28.6 Å². The van der Waals surface area contributed by atoms with Gasteiger partial charge in [0.2, 0.25) is 0 Å². The maximum absolute atomic E-state index is 13.7. The third-order valence-corrected chi connectivity index (χ3v) is 7.46. The fourth-order valence-corrected chi connectivity index (χ4v) is 5.86. The number of carbonyl (C=O) groups is 1. The summed E-state index contributed by atoms with van der Waals surface area (Å²) < 4.78 is 29.3. The largest absolute Gasteiger partial charge is 0.497 e. The van der Waals surface area contributed by atoms with E-state index in [0.29, 0.717) is 24.2 Å². The second-order valence-corrected chi connectivity index (χ2v) is 10.1. The smallest absolute Gasteiger partial charge is 0.254 e. The Kier molecular flexibility index (Phi) is 5.96. The van der Waals surface area contributed by atoms with Gasteiger partial charge in [0.25, 0.3) is 5.91 Å². The monoisotopic (exact) mass is 438 g/mol. The molecule has 0 bridgehead atoms. The lowest BCUT2D eigenvalue weighted by molar-refractivity contribution is 0.0699. The zero-order valence-corrected chi connectivity index (χ0v) is 18.6. The highest BCUT2D eigenvalue weighted by molar-refractivity contribution is 7.91. The van der Waals surface area contributed by atoms with Crippen molar-refractivity contribution in [3.8, 4) is 17.0 Å². The number of para-hydroxylation sites is 1. The first kappa shape index (κ1) is 21.3. The zero-order chi connectivity index (χ0) is 22.0. The van der Waals surface area contributed by atoms with Crippen LogP contribution >= 0.6 is 0 Å². The first-order valence-electron chi connectivity index (χ1n) is 10.5. The van der Waals surface area contributed by atoms with E-state index in [1.807, 2.05) is 61.5 Å². The van der Waals surface area contributed by atoms with Crippen LogP contribution in [0.2, 0.25) is 0 Å². The molecule has 1 unspecified atom stereocenters. The fourth-order valence-electron chi connectivity index (χ4n) is 4.13.